The van der Waals surface area contributed by atoms with E-state index in [0.29, 0.717) is 56.3 Å². The van der Waals surface area contributed by atoms with Gasteiger partial charge in [-0.3, -0.25) is 19.4 Å². The Hall–Kier alpha value is -3.18. The molecule has 10 heteroatoms. The minimum absolute atomic E-state index is 0.0129. The lowest BCUT2D eigenvalue weighted by atomic mass is 9.99. The molecule has 0 spiro atoms. The Bertz CT molecular complexity index is 1150. The predicted molar refractivity (Wildman–Crippen MR) is 157 cm³/mol. The number of benzene rings is 2. The van der Waals surface area contributed by atoms with Crippen molar-refractivity contribution >= 4 is 17.5 Å². The van der Waals surface area contributed by atoms with Gasteiger partial charge in [0.15, 0.2) is 0 Å². The summed E-state index contributed by atoms with van der Waals surface area (Å²) in [5.41, 5.74) is 2.09. The molecule has 1 fully saturated rings. The van der Waals surface area contributed by atoms with Gasteiger partial charge in [-0.25, -0.2) is 0 Å². The van der Waals surface area contributed by atoms with Crippen LogP contribution >= 0.6 is 0 Å². The Kier molecular flexibility index (Phi) is 11.0. The first-order valence-electron chi connectivity index (χ1n) is 14.4. The standard InChI is InChI=1S/C31H44N4O6/c1-22-18-35(23(2)21-36)31(38)27-17-25(32-30(37)11-12-34-13-15-40-16-14-34)7-10-28(27)41-29(22)20-33(3)19-24-5-8-26(39-4)9-6-24/h5-10,17,22-23,29,36H,11-16,18-21H2,1-4H3,(H,32,37)/t22-,23+,29-/m0/s1. The highest BCUT2D eigenvalue weighted by Crippen LogP contribution is 2.31. The van der Waals surface area contributed by atoms with Crippen LogP contribution in [0.5, 0.6) is 11.5 Å². The third-order valence-corrected chi connectivity index (χ3v) is 7.81. The normalized spacial score (nSPS) is 20.5. The van der Waals surface area contributed by atoms with Gasteiger partial charge in [0.05, 0.1) is 38.5 Å². The molecule has 2 N–H and O–H groups in total. The van der Waals surface area contributed by atoms with Crippen LogP contribution in [0.4, 0.5) is 5.69 Å². The number of anilines is 1. The summed E-state index contributed by atoms with van der Waals surface area (Å²) >= 11 is 0. The van der Waals surface area contributed by atoms with Gasteiger partial charge in [0.2, 0.25) is 5.91 Å². The Balaban J connectivity index is 1.49. The maximum absolute atomic E-state index is 13.7. The summed E-state index contributed by atoms with van der Waals surface area (Å²) in [6.07, 6.45) is 0.155. The summed E-state index contributed by atoms with van der Waals surface area (Å²) in [5.74, 6) is 0.982. The van der Waals surface area contributed by atoms with Crippen molar-refractivity contribution in [1.82, 2.24) is 14.7 Å². The number of carbonyl (C=O) groups is 2. The zero-order chi connectivity index (χ0) is 29.4. The van der Waals surface area contributed by atoms with E-state index in [0.717, 1.165) is 30.9 Å². The number of rotatable bonds is 11. The Morgan fingerprint density at radius 1 is 1.20 bits per heavy atom. The number of morpholine rings is 1. The van der Waals surface area contributed by atoms with Crippen LogP contribution in [0.3, 0.4) is 0 Å². The van der Waals surface area contributed by atoms with Crippen molar-refractivity contribution in [2.24, 2.45) is 5.92 Å². The maximum Gasteiger partial charge on any atom is 0.258 e. The smallest absolute Gasteiger partial charge is 0.258 e. The molecule has 3 atom stereocenters. The van der Waals surface area contributed by atoms with Crippen molar-refractivity contribution in [3.63, 3.8) is 0 Å². The van der Waals surface area contributed by atoms with E-state index >= 15 is 0 Å². The quantitative estimate of drug-likeness (QED) is 0.427. The molecule has 4 rings (SSSR count). The average molecular weight is 569 g/mol. The van der Waals surface area contributed by atoms with Crippen LogP contribution in [0.1, 0.15) is 36.2 Å². The lowest BCUT2D eigenvalue weighted by Gasteiger charge is -2.38. The number of likely N-dealkylation sites (N-methyl/N-ethyl adjacent to an activating group) is 1. The van der Waals surface area contributed by atoms with E-state index in [1.54, 1.807) is 30.2 Å². The largest absolute Gasteiger partial charge is 0.497 e. The molecule has 2 aromatic carbocycles. The number of nitrogens with zero attached hydrogens (tertiary/aromatic N) is 3. The van der Waals surface area contributed by atoms with Crippen molar-refractivity contribution in [2.75, 3.05) is 72.0 Å². The lowest BCUT2D eigenvalue weighted by Crippen LogP contribution is -2.49. The molecule has 224 valence electrons. The topological polar surface area (TPSA) is 104 Å². The highest BCUT2D eigenvalue weighted by molar-refractivity contribution is 5.99. The summed E-state index contributed by atoms with van der Waals surface area (Å²) < 4.78 is 17.2. The number of methoxy groups -OCH3 is 1. The van der Waals surface area contributed by atoms with Gasteiger partial charge in [-0.15, -0.1) is 0 Å². The minimum Gasteiger partial charge on any atom is -0.497 e. The van der Waals surface area contributed by atoms with E-state index in [-0.39, 0.29) is 36.5 Å². The first kappa shape index (κ1) is 30.8. The van der Waals surface area contributed by atoms with Crippen LogP contribution in [-0.2, 0) is 16.1 Å². The maximum atomic E-state index is 13.7. The number of aliphatic hydroxyl groups excluding tert-OH is 1. The summed E-state index contributed by atoms with van der Waals surface area (Å²) in [7, 11) is 3.70. The molecular weight excluding hydrogens is 524 g/mol. The van der Waals surface area contributed by atoms with Gasteiger partial charge < -0.3 is 29.5 Å². The Morgan fingerprint density at radius 3 is 2.61 bits per heavy atom. The fourth-order valence-corrected chi connectivity index (χ4v) is 5.24. The van der Waals surface area contributed by atoms with E-state index in [9.17, 15) is 14.7 Å². The zero-order valence-electron chi connectivity index (χ0n) is 24.7. The molecule has 0 saturated carbocycles. The molecule has 0 radical (unpaired) electrons. The van der Waals surface area contributed by atoms with E-state index in [1.807, 2.05) is 31.2 Å². The van der Waals surface area contributed by atoms with Crippen molar-refractivity contribution in [3.05, 3.63) is 53.6 Å². The second-order valence-electron chi connectivity index (χ2n) is 11.1. The molecule has 1 saturated heterocycles. The highest BCUT2D eigenvalue weighted by Gasteiger charge is 2.33. The summed E-state index contributed by atoms with van der Waals surface area (Å²) in [6, 6.07) is 12.9. The molecule has 41 heavy (non-hydrogen) atoms. The van der Waals surface area contributed by atoms with Crippen LogP contribution in [0, 0.1) is 5.92 Å². The number of amides is 2. The molecule has 2 heterocycles. The van der Waals surface area contributed by atoms with Gasteiger partial charge in [0.1, 0.15) is 17.6 Å². The number of hydrogen-bond acceptors (Lipinski definition) is 8. The highest BCUT2D eigenvalue weighted by atomic mass is 16.5. The van der Waals surface area contributed by atoms with E-state index in [1.165, 1.54) is 0 Å². The van der Waals surface area contributed by atoms with Crippen LogP contribution in [0.25, 0.3) is 0 Å². The molecule has 2 amide bonds. The van der Waals surface area contributed by atoms with Crippen molar-refractivity contribution in [1.29, 1.82) is 0 Å². The van der Waals surface area contributed by atoms with Gasteiger partial charge in [-0.2, -0.15) is 0 Å². The van der Waals surface area contributed by atoms with Crippen molar-refractivity contribution in [2.45, 2.75) is 39.0 Å². The fourth-order valence-electron chi connectivity index (χ4n) is 5.24. The minimum atomic E-state index is -0.361. The SMILES string of the molecule is COc1ccc(CN(C)C[C@@H]2Oc3ccc(NC(=O)CCN4CCOCC4)cc3C(=O)N([C@H](C)CO)C[C@@H]2C)cc1. The molecule has 0 bridgehead atoms. The monoisotopic (exact) mass is 568 g/mol. The van der Waals surface area contributed by atoms with Crippen LogP contribution in [0.15, 0.2) is 42.5 Å². The number of hydrogen-bond donors (Lipinski definition) is 2. The molecule has 0 unspecified atom stereocenters. The van der Waals surface area contributed by atoms with Gasteiger partial charge in [0.25, 0.3) is 5.91 Å². The third-order valence-electron chi connectivity index (χ3n) is 7.81. The number of fused-ring (bicyclic) bond motifs is 1. The van der Waals surface area contributed by atoms with Gasteiger partial charge in [-0.05, 0) is 49.9 Å². The second-order valence-corrected chi connectivity index (χ2v) is 11.1. The lowest BCUT2D eigenvalue weighted by molar-refractivity contribution is -0.116. The zero-order valence-corrected chi connectivity index (χ0v) is 24.7. The fraction of sp³-hybridized carbons (Fsp3) is 0.548. The summed E-state index contributed by atoms with van der Waals surface area (Å²) in [6.45, 7) is 9.27. The number of carbonyl (C=O) groups excluding carboxylic acids is 2. The van der Waals surface area contributed by atoms with Gasteiger partial charge >= 0.3 is 0 Å². The van der Waals surface area contributed by atoms with Crippen molar-refractivity contribution < 1.29 is 28.9 Å². The van der Waals surface area contributed by atoms with E-state index in [2.05, 4.69) is 29.1 Å². The molecule has 0 aromatic heterocycles. The molecule has 2 aliphatic heterocycles. The van der Waals surface area contributed by atoms with Crippen LogP contribution in [-0.4, -0.2) is 110 Å². The molecular formula is C31H44N4O6. The van der Waals surface area contributed by atoms with Gasteiger partial charge in [0, 0.05) is 57.3 Å². The molecule has 10 nitrogen and oxygen atoms in total. The third kappa shape index (κ3) is 8.42. The number of aliphatic hydroxyl groups is 1. The van der Waals surface area contributed by atoms with Gasteiger partial charge in [-0.1, -0.05) is 19.1 Å². The van der Waals surface area contributed by atoms with E-state index < -0.39 is 0 Å². The summed E-state index contributed by atoms with van der Waals surface area (Å²) in [4.78, 5) is 32.5. The number of nitrogens with one attached hydrogen (secondary N) is 1. The second kappa shape index (κ2) is 14.6. The predicted octanol–water partition coefficient (Wildman–Crippen LogP) is 2.71. The van der Waals surface area contributed by atoms with Crippen LogP contribution < -0.4 is 14.8 Å². The Labute approximate surface area is 243 Å². The Morgan fingerprint density at radius 2 is 1.93 bits per heavy atom. The average Bonchev–Trinajstić information content (AvgIpc) is 2.98. The summed E-state index contributed by atoms with van der Waals surface area (Å²) in [5, 5.41) is 12.9. The molecule has 0 aliphatic carbocycles. The first-order valence-corrected chi connectivity index (χ1v) is 14.4. The van der Waals surface area contributed by atoms with Crippen molar-refractivity contribution in [3.8, 4) is 11.5 Å². The number of ether oxygens (including phenoxy) is 3. The van der Waals surface area contributed by atoms with E-state index in [4.69, 9.17) is 14.2 Å². The van der Waals surface area contributed by atoms with Crippen LogP contribution in [0.2, 0.25) is 0 Å². The first-order chi connectivity index (χ1) is 19.8. The molecule has 2 aliphatic rings. The molecule has 2 aromatic rings.